The first-order valence-corrected chi connectivity index (χ1v) is 13.6. The summed E-state index contributed by atoms with van der Waals surface area (Å²) in [4.78, 5) is 13.4. The third-order valence-corrected chi connectivity index (χ3v) is 8.78. The third-order valence-electron chi connectivity index (χ3n) is 7.89. The third kappa shape index (κ3) is 3.40. The van der Waals surface area contributed by atoms with Gasteiger partial charge in [-0.3, -0.25) is 4.79 Å². The normalized spacial score (nSPS) is 20.0. The maximum Gasteiger partial charge on any atom is 0.315 e. The minimum atomic E-state index is -4.68. The summed E-state index contributed by atoms with van der Waals surface area (Å²) in [6, 6.07) is 30.3. The summed E-state index contributed by atoms with van der Waals surface area (Å²) in [5.41, 5.74) is 4.84. The Labute approximate surface area is 214 Å². The maximum atomic E-state index is 13.8. The number of hydrogen-bond donors (Lipinski definition) is 0. The number of carbonyl (C=O) groups excluding carboxylic acids is 1. The van der Waals surface area contributed by atoms with E-state index < -0.39 is 16.0 Å². The summed E-state index contributed by atoms with van der Waals surface area (Å²) in [5, 5.41) is 2.99. The first-order valence-electron chi connectivity index (χ1n) is 12.2. The highest BCUT2D eigenvalue weighted by Gasteiger charge is 2.47. The molecule has 0 saturated heterocycles. The van der Waals surface area contributed by atoms with E-state index in [0.717, 1.165) is 16.5 Å². The Balaban J connectivity index is 1.33. The van der Waals surface area contributed by atoms with Crippen LogP contribution in [0.25, 0.3) is 21.5 Å². The Bertz CT molecular complexity index is 1860. The lowest BCUT2D eigenvalue weighted by Crippen LogP contribution is -2.38. The Hall–Kier alpha value is -4.00. The first kappa shape index (κ1) is 22.2. The number of benzene rings is 5. The van der Waals surface area contributed by atoms with Crippen molar-refractivity contribution >= 4 is 37.6 Å². The fourth-order valence-corrected chi connectivity index (χ4v) is 7.02. The number of rotatable bonds is 3. The molecule has 37 heavy (non-hydrogen) atoms. The highest BCUT2D eigenvalue weighted by molar-refractivity contribution is 7.86. The highest BCUT2D eigenvalue weighted by Crippen LogP contribution is 2.56. The molecule has 0 spiro atoms. The lowest BCUT2D eigenvalue weighted by atomic mass is 9.59. The summed E-state index contributed by atoms with van der Waals surface area (Å²) >= 11 is 0. The van der Waals surface area contributed by atoms with Crippen molar-refractivity contribution in [1.82, 2.24) is 0 Å². The van der Waals surface area contributed by atoms with Gasteiger partial charge in [0.25, 0.3) is 0 Å². The van der Waals surface area contributed by atoms with Gasteiger partial charge in [-0.1, -0.05) is 84.9 Å². The van der Waals surface area contributed by atoms with E-state index in [1.54, 1.807) is 24.3 Å². The van der Waals surface area contributed by atoms with Crippen molar-refractivity contribution in [2.75, 3.05) is 0 Å². The van der Waals surface area contributed by atoms with Crippen LogP contribution in [0.4, 0.5) is 0 Å². The molecule has 0 saturated carbocycles. The monoisotopic (exact) mass is 505 g/mol. The van der Waals surface area contributed by atoms with Crippen LogP contribution in [-0.2, 0) is 14.9 Å². The Morgan fingerprint density at radius 2 is 1.35 bits per heavy atom. The molecule has 3 aliphatic carbocycles. The summed E-state index contributed by atoms with van der Waals surface area (Å²) < 4.78 is 41.3. The average Bonchev–Trinajstić information content (AvgIpc) is 2.91. The topological polar surface area (TPSA) is 83.5 Å². The van der Waals surface area contributed by atoms with E-state index in [-0.39, 0.29) is 33.8 Å². The van der Waals surface area contributed by atoms with Gasteiger partial charge < -0.3 is 9.29 Å². The minimum Gasteiger partial charge on any atom is -0.744 e. The molecule has 5 aromatic rings. The van der Waals surface area contributed by atoms with Gasteiger partial charge in [-0.25, -0.2) is 8.42 Å². The van der Waals surface area contributed by atoms with Gasteiger partial charge in [0.05, 0.1) is 10.8 Å². The zero-order chi connectivity index (χ0) is 25.3. The van der Waals surface area contributed by atoms with Crippen LogP contribution in [0, 0.1) is 5.92 Å². The molecule has 0 heterocycles. The summed E-state index contributed by atoms with van der Waals surface area (Å²) in [6.45, 7) is 0. The van der Waals surface area contributed by atoms with Gasteiger partial charge in [-0.05, 0) is 51.6 Å². The van der Waals surface area contributed by atoms with E-state index in [0.29, 0.717) is 11.8 Å². The smallest absolute Gasteiger partial charge is 0.315 e. The molecule has 182 valence electrons. The van der Waals surface area contributed by atoms with E-state index in [4.69, 9.17) is 4.74 Å². The second-order valence-electron chi connectivity index (χ2n) is 9.81. The number of ether oxygens (including phenoxy) is 1. The highest BCUT2D eigenvalue weighted by atomic mass is 32.2. The van der Waals surface area contributed by atoms with Gasteiger partial charge in [0.2, 0.25) is 0 Å². The van der Waals surface area contributed by atoms with Crippen molar-refractivity contribution in [3.8, 4) is 5.75 Å². The van der Waals surface area contributed by atoms with Gasteiger partial charge in [-0.2, -0.15) is 0 Å². The largest absolute Gasteiger partial charge is 0.744 e. The van der Waals surface area contributed by atoms with Crippen LogP contribution in [0.2, 0.25) is 0 Å². The van der Waals surface area contributed by atoms with Gasteiger partial charge in [0.1, 0.15) is 15.9 Å². The maximum absolute atomic E-state index is 13.8. The molecule has 0 fully saturated rings. The molecule has 3 atom stereocenters. The average molecular weight is 506 g/mol. The molecule has 3 unspecified atom stereocenters. The molecule has 5 nitrogen and oxygen atoms in total. The Morgan fingerprint density at radius 3 is 2.08 bits per heavy atom. The van der Waals surface area contributed by atoms with Gasteiger partial charge >= 0.3 is 5.97 Å². The second-order valence-corrected chi connectivity index (χ2v) is 11.2. The fraction of sp³-hybridized carbons (Fsp3) is 0.129. The van der Waals surface area contributed by atoms with Crippen molar-refractivity contribution in [3.05, 3.63) is 119 Å². The van der Waals surface area contributed by atoms with Crippen molar-refractivity contribution in [3.63, 3.8) is 0 Å². The quantitative estimate of drug-likeness (QED) is 0.168. The van der Waals surface area contributed by atoms with Crippen LogP contribution in [-0.4, -0.2) is 18.9 Å². The number of hydrogen-bond acceptors (Lipinski definition) is 5. The summed E-state index contributed by atoms with van der Waals surface area (Å²) in [5.74, 6) is -0.549. The Morgan fingerprint density at radius 1 is 0.730 bits per heavy atom. The molecule has 8 rings (SSSR count). The molecule has 0 N–H and O–H groups in total. The summed E-state index contributed by atoms with van der Waals surface area (Å²) in [6.07, 6.45) is 0.636. The van der Waals surface area contributed by atoms with Gasteiger partial charge in [-0.15, -0.1) is 0 Å². The number of carbonyl (C=O) groups is 1. The standard InChI is InChI=1S/C31H22O5S/c32-31(36-28-13-14-29(37(33,34)35)22-11-5-4-10-21(22)28)27-17-25-20-9-3-6-12-23(20)30(27)26-16-19-8-2-1-7-18(19)15-24(25)26/h1-16,25,27,30H,17H2,(H,33,34,35)/p-1. The van der Waals surface area contributed by atoms with Crippen LogP contribution in [0.15, 0.2) is 102 Å². The van der Waals surface area contributed by atoms with Crippen molar-refractivity contribution in [2.24, 2.45) is 5.92 Å². The van der Waals surface area contributed by atoms with Gasteiger partial charge in [0.15, 0.2) is 0 Å². The Kier molecular flexibility index (Phi) is 4.80. The summed E-state index contributed by atoms with van der Waals surface area (Å²) in [7, 11) is -4.68. The molecule has 5 aromatic carbocycles. The molecule has 0 amide bonds. The van der Waals surface area contributed by atoms with E-state index >= 15 is 0 Å². The van der Waals surface area contributed by atoms with E-state index in [9.17, 15) is 17.8 Å². The molecule has 0 radical (unpaired) electrons. The molecule has 0 aromatic heterocycles. The van der Waals surface area contributed by atoms with Crippen LogP contribution >= 0.6 is 0 Å². The van der Waals surface area contributed by atoms with E-state index in [2.05, 4.69) is 36.4 Å². The lowest BCUT2D eigenvalue weighted by molar-refractivity contribution is -0.140. The predicted molar refractivity (Wildman–Crippen MR) is 140 cm³/mol. The van der Waals surface area contributed by atoms with Crippen LogP contribution in [0.3, 0.4) is 0 Å². The number of esters is 1. The van der Waals surface area contributed by atoms with Crippen LogP contribution < -0.4 is 4.74 Å². The molecule has 6 heteroatoms. The van der Waals surface area contributed by atoms with Crippen LogP contribution in [0.1, 0.15) is 40.5 Å². The zero-order valence-corrected chi connectivity index (χ0v) is 20.4. The second kappa shape index (κ2) is 8.00. The SMILES string of the molecule is O=C(Oc1ccc(S(=O)(=O)[O-])c2ccccc12)C1CC2c3ccccc3C1c1cc3ccccc3cc12. The molecule has 3 aliphatic rings. The lowest BCUT2D eigenvalue weighted by Gasteiger charge is -2.44. The van der Waals surface area contributed by atoms with Gasteiger partial charge in [0, 0.05) is 22.6 Å². The fourth-order valence-electron chi connectivity index (χ4n) is 6.34. The first-order chi connectivity index (χ1) is 17.9. The predicted octanol–water partition coefficient (Wildman–Crippen LogP) is 6.10. The van der Waals surface area contributed by atoms with Crippen molar-refractivity contribution in [1.29, 1.82) is 0 Å². The van der Waals surface area contributed by atoms with E-state index in [1.165, 1.54) is 28.6 Å². The van der Waals surface area contributed by atoms with Crippen LogP contribution in [0.5, 0.6) is 5.75 Å². The molecule has 0 aliphatic heterocycles. The van der Waals surface area contributed by atoms with Crippen molar-refractivity contribution in [2.45, 2.75) is 23.2 Å². The number of fused-ring (bicyclic) bond motifs is 3. The van der Waals surface area contributed by atoms with Crippen molar-refractivity contribution < 1.29 is 22.5 Å². The van der Waals surface area contributed by atoms with E-state index in [1.807, 2.05) is 24.3 Å². The molecular weight excluding hydrogens is 484 g/mol. The minimum absolute atomic E-state index is 0.0862. The zero-order valence-electron chi connectivity index (χ0n) is 19.6. The molecular formula is C31H21O5S-. The molecule has 2 bridgehead atoms.